The van der Waals surface area contributed by atoms with Gasteiger partial charge in [0.2, 0.25) is 0 Å². The molecule has 1 amide bonds. The number of anilines is 1. The Bertz CT molecular complexity index is 1170. The summed E-state index contributed by atoms with van der Waals surface area (Å²) >= 11 is 0. The fourth-order valence-electron chi connectivity index (χ4n) is 4.46. The summed E-state index contributed by atoms with van der Waals surface area (Å²) in [4.78, 5) is 28.3. The highest BCUT2D eigenvalue weighted by molar-refractivity contribution is 6.00. The van der Waals surface area contributed by atoms with Gasteiger partial charge in [-0.3, -0.25) is 14.9 Å². The second-order valence-electron chi connectivity index (χ2n) is 8.56. The SMILES string of the molecule is Cc1nn(-c2ccccc2)c(C)c1CN(C)C(=O)c1cc([N+](=O)[O-])ccc1N1CCCCC1. The first-order chi connectivity index (χ1) is 15.9. The van der Waals surface area contributed by atoms with E-state index in [2.05, 4.69) is 10.00 Å². The molecule has 0 atom stereocenters. The molecule has 0 spiro atoms. The average Bonchev–Trinajstić information content (AvgIpc) is 3.12. The predicted molar refractivity (Wildman–Crippen MR) is 128 cm³/mol. The summed E-state index contributed by atoms with van der Waals surface area (Å²) in [5, 5.41) is 16.1. The molecule has 4 rings (SSSR count). The molecule has 0 saturated carbocycles. The van der Waals surface area contributed by atoms with Crippen LogP contribution in [-0.4, -0.2) is 45.6 Å². The number of benzene rings is 2. The summed E-state index contributed by atoms with van der Waals surface area (Å²) in [5.74, 6) is -0.231. The van der Waals surface area contributed by atoms with Crippen molar-refractivity contribution in [3.05, 3.63) is 81.2 Å². The van der Waals surface area contributed by atoms with Crippen LogP contribution in [0, 0.1) is 24.0 Å². The van der Waals surface area contributed by atoms with Gasteiger partial charge < -0.3 is 9.80 Å². The van der Waals surface area contributed by atoms with Crippen molar-refractivity contribution in [2.24, 2.45) is 0 Å². The molecule has 2 aromatic carbocycles. The van der Waals surface area contributed by atoms with Crippen LogP contribution < -0.4 is 4.90 Å². The number of piperidine rings is 1. The third-order valence-corrected chi connectivity index (χ3v) is 6.30. The van der Waals surface area contributed by atoms with E-state index >= 15 is 0 Å². The number of nitrogens with zero attached hydrogens (tertiary/aromatic N) is 5. The predicted octanol–water partition coefficient (Wildman–Crippen LogP) is 4.66. The van der Waals surface area contributed by atoms with E-state index in [0.717, 1.165) is 60.7 Å². The van der Waals surface area contributed by atoms with Gasteiger partial charge in [0.25, 0.3) is 11.6 Å². The lowest BCUT2D eigenvalue weighted by Crippen LogP contribution is -2.33. The molecule has 3 aromatic rings. The van der Waals surface area contributed by atoms with Gasteiger partial charge in [-0.05, 0) is 51.3 Å². The zero-order valence-corrected chi connectivity index (χ0v) is 19.3. The third kappa shape index (κ3) is 4.60. The van der Waals surface area contributed by atoms with Gasteiger partial charge in [0.1, 0.15) is 0 Å². The summed E-state index contributed by atoms with van der Waals surface area (Å²) in [7, 11) is 1.74. The number of hydrogen-bond donors (Lipinski definition) is 0. The molecule has 33 heavy (non-hydrogen) atoms. The number of nitro groups is 1. The maximum Gasteiger partial charge on any atom is 0.270 e. The number of carbonyl (C=O) groups excluding carboxylic acids is 1. The standard InChI is InChI=1S/C25H29N5O3/c1-18-23(19(2)29(26-18)20-10-6-4-7-11-20)17-27(3)25(31)22-16-21(30(32)33)12-13-24(22)28-14-8-5-9-15-28/h4,6-7,10-13,16H,5,8-9,14-15,17H2,1-3H3. The van der Waals surface area contributed by atoms with E-state index in [9.17, 15) is 14.9 Å². The second kappa shape index (κ2) is 9.44. The first-order valence-corrected chi connectivity index (χ1v) is 11.3. The maximum absolute atomic E-state index is 13.5. The van der Waals surface area contributed by atoms with Crippen LogP contribution in [0.1, 0.15) is 46.6 Å². The Morgan fingerprint density at radius 3 is 2.45 bits per heavy atom. The Morgan fingerprint density at radius 2 is 1.79 bits per heavy atom. The van der Waals surface area contributed by atoms with Crippen molar-refractivity contribution in [1.29, 1.82) is 0 Å². The number of nitro benzene ring substituents is 1. The van der Waals surface area contributed by atoms with Crippen LogP contribution in [0.3, 0.4) is 0 Å². The summed E-state index contributed by atoms with van der Waals surface area (Å²) in [6.07, 6.45) is 3.27. The minimum Gasteiger partial charge on any atom is -0.371 e. The van der Waals surface area contributed by atoms with Crippen molar-refractivity contribution >= 4 is 17.3 Å². The van der Waals surface area contributed by atoms with E-state index < -0.39 is 4.92 Å². The topological polar surface area (TPSA) is 84.5 Å². The van der Waals surface area contributed by atoms with Gasteiger partial charge in [-0.25, -0.2) is 4.68 Å². The summed E-state index contributed by atoms with van der Waals surface area (Å²) in [6.45, 7) is 6.00. The zero-order chi connectivity index (χ0) is 23.5. The van der Waals surface area contributed by atoms with Gasteiger partial charge in [0, 0.05) is 50.1 Å². The average molecular weight is 448 g/mol. The molecule has 8 nitrogen and oxygen atoms in total. The van der Waals surface area contributed by atoms with Gasteiger partial charge in [-0.15, -0.1) is 0 Å². The van der Waals surface area contributed by atoms with Crippen molar-refractivity contribution in [2.45, 2.75) is 39.7 Å². The molecular weight excluding hydrogens is 418 g/mol. The van der Waals surface area contributed by atoms with Gasteiger partial charge in [0.05, 0.1) is 27.6 Å². The lowest BCUT2D eigenvalue weighted by Gasteiger charge is -2.31. The normalized spacial score (nSPS) is 13.7. The van der Waals surface area contributed by atoms with Gasteiger partial charge >= 0.3 is 0 Å². The second-order valence-corrected chi connectivity index (χ2v) is 8.56. The molecule has 1 saturated heterocycles. The van der Waals surface area contributed by atoms with Crippen LogP contribution in [-0.2, 0) is 6.54 Å². The van der Waals surface area contributed by atoms with Gasteiger partial charge in [-0.1, -0.05) is 18.2 Å². The van der Waals surface area contributed by atoms with Crippen molar-refractivity contribution in [2.75, 3.05) is 25.0 Å². The Morgan fingerprint density at radius 1 is 1.09 bits per heavy atom. The molecular formula is C25H29N5O3. The summed E-state index contributed by atoms with van der Waals surface area (Å²) in [6, 6.07) is 14.5. The minimum absolute atomic E-state index is 0.0724. The molecule has 0 N–H and O–H groups in total. The first kappa shape index (κ1) is 22.5. The van der Waals surface area contributed by atoms with Crippen molar-refractivity contribution in [3.63, 3.8) is 0 Å². The lowest BCUT2D eigenvalue weighted by atomic mass is 10.0. The largest absolute Gasteiger partial charge is 0.371 e. The molecule has 0 bridgehead atoms. The molecule has 8 heteroatoms. The van der Waals surface area contributed by atoms with E-state index in [-0.39, 0.29) is 11.6 Å². The number of hydrogen-bond acceptors (Lipinski definition) is 5. The van der Waals surface area contributed by atoms with E-state index in [1.54, 1.807) is 18.0 Å². The molecule has 1 aliphatic heterocycles. The van der Waals surface area contributed by atoms with E-state index in [0.29, 0.717) is 12.1 Å². The number of aryl methyl sites for hydroxylation is 1. The third-order valence-electron chi connectivity index (χ3n) is 6.30. The zero-order valence-electron chi connectivity index (χ0n) is 19.3. The Kier molecular flexibility index (Phi) is 6.44. The van der Waals surface area contributed by atoms with Crippen LogP contribution in [0.4, 0.5) is 11.4 Å². The van der Waals surface area contributed by atoms with Crippen LogP contribution in [0.25, 0.3) is 5.69 Å². The van der Waals surface area contributed by atoms with Crippen LogP contribution in [0.2, 0.25) is 0 Å². The number of rotatable bonds is 6. The van der Waals surface area contributed by atoms with E-state index in [1.165, 1.54) is 12.1 Å². The van der Waals surface area contributed by atoms with Crippen LogP contribution in [0.15, 0.2) is 48.5 Å². The van der Waals surface area contributed by atoms with Gasteiger partial charge in [0.15, 0.2) is 0 Å². The number of para-hydroxylation sites is 1. The highest BCUT2D eigenvalue weighted by Gasteiger charge is 2.25. The molecule has 172 valence electrons. The quantitative estimate of drug-likeness (QED) is 0.405. The molecule has 0 unspecified atom stereocenters. The Labute approximate surface area is 193 Å². The van der Waals surface area contributed by atoms with Crippen molar-refractivity contribution in [3.8, 4) is 5.69 Å². The van der Waals surface area contributed by atoms with Crippen molar-refractivity contribution < 1.29 is 9.72 Å². The summed E-state index contributed by atoms with van der Waals surface area (Å²) in [5.41, 5.74) is 4.82. The number of aromatic nitrogens is 2. The first-order valence-electron chi connectivity index (χ1n) is 11.3. The number of carbonyl (C=O) groups is 1. The Hall–Kier alpha value is -3.68. The van der Waals surface area contributed by atoms with Crippen LogP contribution >= 0.6 is 0 Å². The van der Waals surface area contributed by atoms with E-state index in [4.69, 9.17) is 0 Å². The molecule has 0 radical (unpaired) electrons. The number of amides is 1. The number of non-ortho nitro benzene ring substituents is 1. The fraction of sp³-hybridized carbons (Fsp3) is 0.360. The highest BCUT2D eigenvalue weighted by Crippen LogP contribution is 2.30. The maximum atomic E-state index is 13.5. The molecule has 1 aromatic heterocycles. The van der Waals surface area contributed by atoms with Crippen LogP contribution in [0.5, 0.6) is 0 Å². The smallest absolute Gasteiger partial charge is 0.270 e. The molecule has 0 aliphatic carbocycles. The fourth-order valence-corrected chi connectivity index (χ4v) is 4.46. The lowest BCUT2D eigenvalue weighted by molar-refractivity contribution is -0.384. The van der Waals surface area contributed by atoms with Crippen molar-refractivity contribution in [1.82, 2.24) is 14.7 Å². The molecule has 1 aliphatic rings. The minimum atomic E-state index is -0.449. The molecule has 1 fully saturated rings. The summed E-state index contributed by atoms with van der Waals surface area (Å²) < 4.78 is 1.88. The van der Waals surface area contributed by atoms with Gasteiger partial charge in [-0.2, -0.15) is 5.10 Å². The monoisotopic (exact) mass is 447 g/mol. The highest BCUT2D eigenvalue weighted by atomic mass is 16.6. The molecule has 2 heterocycles. The Balaban J connectivity index is 1.64. The van der Waals surface area contributed by atoms with E-state index in [1.807, 2.05) is 48.9 Å².